The number of nitrogens with zero attached hydrogens (tertiary/aromatic N) is 1. The van der Waals surface area contributed by atoms with Crippen molar-refractivity contribution in [3.8, 4) is 11.5 Å². The van der Waals surface area contributed by atoms with E-state index < -0.39 is 0 Å². The second-order valence-electron chi connectivity index (χ2n) is 5.48. The van der Waals surface area contributed by atoms with Crippen LogP contribution in [0.4, 0.5) is 0 Å². The SMILES string of the molecule is C=CCCCCCCCCC(=O)NN=Cc1ccc(O)cc1O. The number of unbranched alkanes of at least 4 members (excludes halogenated alkanes) is 6. The molecule has 0 atom stereocenters. The van der Waals surface area contributed by atoms with Gasteiger partial charge in [-0.15, -0.1) is 6.58 Å². The summed E-state index contributed by atoms with van der Waals surface area (Å²) in [5.41, 5.74) is 2.87. The lowest BCUT2D eigenvalue weighted by Crippen LogP contribution is -2.16. The Morgan fingerprint density at radius 2 is 1.83 bits per heavy atom. The van der Waals surface area contributed by atoms with Crippen LogP contribution in [0.1, 0.15) is 56.9 Å². The summed E-state index contributed by atoms with van der Waals surface area (Å²) >= 11 is 0. The molecule has 3 N–H and O–H groups in total. The van der Waals surface area contributed by atoms with Gasteiger partial charge >= 0.3 is 0 Å². The fourth-order valence-corrected chi connectivity index (χ4v) is 2.15. The molecule has 0 aliphatic carbocycles. The molecule has 0 aliphatic rings. The van der Waals surface area contributed by atoms with Gasteiger partial charge in [-0.25, -0.2) is 5.43 Å². The maximum Gasteiger partial charge on any atom is 0.240 e. The Balaban J connectivity index is 2.12. The molecule has 0 aromatic heterocycles. The number of phenols is 2. The monoisotopic (exact) mass is 318 g/mol. The topological polar surface area (TPSA) is 81.9 Å². The van der Waals surface area contributed by atoms with Gasteiger partial charge in [-0.3, -0.25) is 4.79 Å². The summed E-state index contributed by atoms with van der Waals surface area (Å²) in [4.78, 5) is 11.6. The molecule has 5 nitrogen and oxygen atoms in total. The van der Waals surface area contributed by atoms with E-state index in [-0.39, 0.29) is 17.4 Å². The first-order valence-electron chi connectivity index (χ1n) is 8.08. The summed E-state index contributed by atoms with van der Waals surface area (Å²) in [7, 11) is 0. The molecular formula is C18H26N2O3. The Labute approximate surface area is 137 Å². The fraction of sp³-hybridized carbons (Fsp3) is 0.444. The number of rotatable bonds is 11. The van der Waals surface area contributed by atoms with E-state index in [1.54, 1.807) is 0 Å². The third kappa shape index (κ3) is 8.66. The van der Waals surface area contributed by atoms with Gasteiger partial charge in [-0.1, -0.05) is 31.8 Å². The smallest absolute Gasteiger partial charge is 0.240 e. The second-order valence-corrected chi connectivity index (χ2v) is 5.48. The van der Waals surface area contributed by atoms with E-state index in [4.69, 9.17) is 0 Å². The molecule has 0 aliphatic heterocycles. The van der Waals surface area contributed by atoms with Gasteiger partial charge in [-0.05, 0) is 31.4 Å². The van der Waals surface area contributed by atoms with Crippen LogP contribution in [-0.2, 0) is 4.79 Å². The van der Waals surface area contributed by atoms with Crippen LogP contribution < -0.4 is 5.43 Å². The molecular weight excluding hydrogens is 292 g/mol. The number of carbonyl (C=O) groups is 1. The minimum absolute atomic E-state index is 0.0202. The summed E-state index contributed by atoms with van der Waals surface area (Å²) < 4.78 is 0. The summed E-state index contributed by atoms with van der Waals surface area (Å²) in [6.45, 7) is 3.70. The molecule has 0 spiro atoms. The molecule has 1 aromatic rings. The normalized spacial score (nSPS) is 10.8. The Bertz CT molecular complexity index is 527. The van der Waals surface area contributed by atoms with Gasteiger partial charge in [0, 0.05) is 18.1 Å². The van der Waals surface area contributed by atoms with Crippen LogP contribution >= 0.6 is 0 Å². The Hall–Kier alpha value is -2.30. The van der Waals surface area contributed by atoms with E-state index in [0.29, 0.717) is 12.0 Å². The first kappa shape index (κ1) is 18.7. The van der Waals surface area contributed by atoms with Crippen molar-refractivity contribution in [2.24, 2.45) is 5.10 Å². The Morgan fingerprint density at radius 1 is 1.13 bits per heavy atom. The number of hydrogen-bond donors (Lipinski definition) is 3. The van der Waals surface area contributed by atoms with Crippen molar-refractivity contribution in [3.63, 3.8) is 0 Å². The first-order chi connectivity index (χ1) is 11.1. The van der Waals surface area contributed by atoms with Gasteiger partial charge < -0.3 is 10.2 Å². The van der Waals surface area contributed by atoms with Gasteiger partial charge in [-0.2, -0.15) is 5.10 Å². The molecule has 1 aromatic carbocycles. The number of hydrazone groups is 1. The van der Waals surface area contributed by atoms with Gasteiger partial charge in [0.15, 0.2) is 0 Å². The first-order valence-corrected chi connectivity index (χ1v) is 8.08. The van der Waals surface area contributed by atoms with Crippen LogP contribution in [0.2, 0.25) is 0 Å². The molecule has 5 heteroatoms. The van der Waals surface area contributed by atoms with Crippen LogP contribution in [0.5, 0.6) is 11.5 Å². The summed E-state index contributed by atoms with van der Waals surface area (Å²) in [6, 6.07) is 4.18. The lowest BCUT2D eigenvalue weighted by Gasteiger charge is -2.02. The van der Waals surface area contributed by atoms with Crippen molar-refractivity contribution < 1.29 is 15.0 Å². The minimum atomic E-state index is -0.133. The van der Waals surface area contributed by atoms with Crippen molar-refractivity contribution in [2.75, 3.05) is 0 Å². The third-order valence-electron chi connectivity index (χ3n) is 3.47. The van der Waals surface area contributed by atoms with Gasteiger partial charge in [0.1, 0.15) is 11.5 Å². The molecule has 0 unspecified atom stereocenters. The summed E-state index contributed by atoms with van der Waals surface area (Å²) in [5, 5.41) is 22.5. The zero-order valence-electron chi connectivity index (χ0n) is 13.5. The predicted octanol–water partition coefficient (Wildman–Crippen LogP) is 3.85. The highest BCUT2D eigenvalue weighted by Crippen LogP contribution is 2.20. The zero-order valence-corrected chi connectivity index (χ0v) is 13.5. The number of phenolic OH excluding ortho intramolecular Hbond substituents is 2. The average molecular weight is 318 g/mol. The number of amides is 1. The molecule has 0 fully saturated rings. The number of aromatic hydroxyl groups is 2. The quantitative estimate of drug-likeness (QED) is 0.251. The maximum atomic E-state index is 11.6. The van der Waals surface area contributed by atoms with E-state index >= 15 is 0 Å². The maximum absolute atomic E-state index is 11.6. The van der Waals surface area contributed by atoms with Crippen LogP contribution in [0, 0.1) is 0 Å². The largest absolute Gasteiger partial charge is 0.508 e. The molecule has 0 saturated heterocycles. The van der Waals surface area contributed by atoms with Crippen LogP contribution in [0.25, 0.3) is 0 Å². The van der Waals surface area contributed by atoms with E-state index in [0.717, 1.165) is 25.7 Å². The number of benzene rings is 1. The number of nitrogens with one attached hydrogen (secondary N) is 1. The lowest BCUT2D eigenvalue weighted by atomic mass is 10.1. The van der Waals surface area contributed by atoms with Gasteiger partial charge in [0.25, 0.3) is 0 Å². The fourth-order valence-electron chi connectivity index (χ4n) is 2.15. The highest BCUT2D eigenvalue weighted by atomic mass is 16.3. The van der Waals surface area contributed by atoms with Gasteiger partial charge in [0.2, 0.25) is 5.91 Å². The number of allylic oxidation sites excluding steroid dienone is 1. The van der Waals surface area contributed by atoms with E-state index in [1.165, 1.54) is 43.7 Å². The van der Waals surface area contributed by atoms with Crippen LogP contribution in [0.15, 0.2) is 36.0 Å². The average Bonchev–Trinajstić information content (AvgIpc) is 2.52. The van der Waals surface area contributed by atoms with Crippen molar-refractivity contribution in [1.82, 2.24) is 5.43 Å². The standard InChI is InChI=1S/C18H26N2O3/c1-2-3-4-5-6-7-8-9-10-18(23)20-19-14-15-11-12-16(21)13-17(15)22/h2,11-14,21-22H,1,3-10H2,(H,20,23). The van der Waals surface area contributed by atoms with Crippen molar-refractivity contribution in [3.05, 3.63) is 36.4 Å². The summed E-state index contributed by atoms with van der Waals surface area (Å²) in [6.07, 6.45) is 11.5. The summed E-state index contributed by atoms with van der Waals surface area (Å²) in [5.74, 6) is -0.237. The minimum Gasteiger partial charge on any atom is -0.508 e. The molecule has 0 saturated carbocycles. The van der Waals surface area contributed by atoms with E-state index in [2.05, 4.69) is 17.1 Å². The van der Waals surface area contributed by atoms with E-state index in [1.807, 2.05) is 6.08 Å². The number of hydrogen-bond acceptors (Lipinski definition) is 4. The molecule has 0 heterocycles. The molecule has 1 rings (SSSR count). The molecule has 23 heavy (non-hydrogen) atoms. The molecule has 1 amide bonds. The molecule has 126 valence electrons. The van der Waals surface area contributed by atoms with Crippen molar-refractivity contribution in [1.29, 1.82) is 0 Å². The predicted molar refractivity (Wildman–Crippen MR) is 92.6 cm³/mol. The zero-order chi connectivity index (χ0) is 16.9. The number of carbonyl (C=O) groups excluding carboxylic acids is 1. The Kier molecular flexibility index (Phi) is 9.20. The second kappa shape index (κ2) is 11.3. The van der Waals surface area contributed by atoms with Crippen LogP contribution in [-0.4, -0.2) is 22.3 Å². The highest BCUT2D eigenvalue weighted by Gasteiger charge is 2.01. The Morgan fingerprint density at radius 3 is 2.52 bits per heavy atom. The van der Waals surface area contributed by atoms with Crippen molar-refractivity contribution in [2.45, 2.75) is 51.4 Å². The van der Waals surface area contributed by atoms with Crippen LogP contribution in [0.3, 0.4) is 0 Å². The molecule has 0 radical (unpaired) electrons. The molecule has 0 bridgehead atoms. The third-order valence-corrected chi connectivity index (χ3v) is 3.47. The highest BCUT2D eigenvalue weighted by molar-refractivity contribution is 5.85. The van der Waals surface area contributed by atoms with Gasteiger partial charge in [0.05, 0.1) is 6.21 Å². The lowest BCUT2D eigenvalue weighted by molar-refractivity contribution is -0.121. The van der Waals surface area contributed by atoms with Crippen molar-refractivity contribution >= 4 is 12.1 Å². The van der Waals surface area contributed by atoms with E-state index in [9.17, 15) is 15.0 Å².